The summed E-state index contributed by atoms with van der Waals surface area (Å²) in [6, 6.07) is 14.5. The van der Waals surface area contributed by atoms with Gasteiger partial charge in [0.1, 0.15) is 0 Å². The van der Waals surface area contributed by atoms with Crippen LogP contribution in [0, 0.1) is 0 Å². The van der Waals surface area contributed by atoms with E-state index in [4.69, 9.17) is 0 Å². The van der Waals surface area contributed by atoms with Crippen molar-refractivity contribution < 1.29 is 4.79 Å². The van der Waals surface area contributed by atoms with Crippen LogP contribution in [-0.2, 0) is 6.42 Å². The third-order valence-corrected chi connectivity index (χ3v) is 4.12. The van der Waals surface area contributed by atoms with Crippen molar-refractivity contribution in [2.75, 3.05) is 27.2 Å². The lowest BCUT2D eigenvalue weighted by Crippen LogP contribution is -2.27. The van der Waals surface area contributed by atoms with E-state index in [0.717, 1.165) is 24.9 Å². The van der Waals surface area contributed by atoms with Gasteiger partial charge in [-0.2, -0.15) is 0 Å². The van der Waals surface area contributed by atoms with E-state index in [9.17, 15) is 4.79 Å². The number of benzene rings is 2. The van der Waals surface area contributed by atoms with E-state index in [-0.39, 0.29) is 5.91 Å². The standard InChI is InChI=1S/C19H22N2O/c1-21(2)11-5-10-20-19(22)15-8-9-18-16(13-15)12-14-6-3-4-7-17(14)18/h3-4,6-9,13H,5,10-12H2,1-2H3,(H,20,22). The average Bonchev–Trinajstić information content (AvgIpc) is 2.88. The molecule has 0 spiro atoms. The molecule has 2 aromatic carbocycles. The Kier molecular flexibility index (Phi) is 4.25. The molecule has 1 N–H and O–H groups in total. The molecule has 0 radical (unpaired) electrons. The predicted octanol–water partition coefficient (Wildman–Crippen LogP) is 2.94. The highest BCUT2D eigenvalue weighted by Crippen LogP contribution is 2.36. The van der Waals surface area contributed by atoms with E-state index in [2.05, 4.69) is 40.5 Å². The summed E-state index contributed by atoms with van der Waals surface area (Å²) in [4.78, 5) is 14.4. The molecule has 0 atom stereocenters. The average molecular weight is 294 g/mol. The van der Waals surface area contributed by atoms with Crippen LogP contribution in [0.5, 0.6) is 0 Å². The number of hydrogen-bond donors (Lipinski definition) is 1. The Morgan fingerprint density at radius 1 is 1.09 bits per heavy atom. The topological polar surface area (TPSA) is 32.3 Å². The largest absolute Gasteiger partial charge is 0.352 e. The van der Waals surface area contributed by atoms with Crippen LogP contribution < -0.4 is 5.32 Å². The normalized spacial score (nSPS) is 12.1. The minimum absolute atomic E-state index is 0.0255. The maximum atomic E-state index is 12.2. The van der Waals surface area contributed by atoms with Crippen molar-refractivity contribution >= 4 is 5.91 Å². The minimum Gasteiger partial charge on any atom is -0.352 e. The van der Waals surface area contributed by atoms with Gasteiger partial charge < -0.3 is 10.2 Å². The molecule has 2 aromatic rings. The lowest BCUT2D eigenvalue weighted by Gasteiger charge is -2.10. The van der Waals surface area contributed by atoms with Crippen molar-refractivity contribution in [1.29, 1.82) is 0 Å². The summed E-state index contributed by atoms with van der Waals surface area (Å²) in [5.41, 5.74) is 5.93. The summed E-state index contributed by atoms with van der Waals surface area (Å²) in [6.07, 6.45) is 1.89. The molecule has 0 aliphatic heterocycles. The molecule has 0 unspecified atom stereocenters. The van der Waals surface area contributed by atoms with Crippen LogP contribution >= 0.6 is 0 Å². The number of carbonyl (C=O) groups is 1. The van der Waals surface area contributed by atoms with Crippen LogP contribution in [0.4, 0.5) is 0 Å². The van der Waals surface area contributed by atoms with E-state index in [1.807, 2.05) is 26.2 Å². The van der Waals surface area contributed by atoms with Crippen molar-refractivity contribution in [1.82, 2.24) is 10.2 Å². The van der Waals surface area contributed by atoms with Gasteiger partial charge in [0.2, 0.25) is 0 Å². The van der Waals surface area contributed by atoms with Gasteiger partial charge >= 0.3 is 0 Å². The molecule has 0 fully saturated rings. The number of nitrogens with zero attached hydrogens (tertiary/aromatic N) is 1. The van der Waals surface area contributed by atoms with Gasteiger partial charge in [0.05, 0.1) is 0 Å². The molecule has 1 amide bonds. The van der Waals surface area contributed by atoms with Gasteiger partial charge in [-0.3, -0.25) is 4.79 Å². The Bertz CT molecular complexity index is 692. The summed E-state index contributed by atoms with van der Waals surface area (Å²) in [6.45, 7) is 1.70. The van der Waals surface area contributed by atoms with E-state index in [1.54, 1.807) is 0 Å². The molecule has 1 aliphatic carbocycles. The van der Waals surface area contributed by atoms with Gasteiger partial charge in [-0.1, -0.05) is 30.3 Å². The zero-order valence-electron chi connectivity index (χ0n) is 13.2. The molecule has 0 saturated heterocycles. The first kappa shape index (κ1) is 14.8. The third kappa shape index (κ3) is 3.04. The fourth-order valence-electron chi connectivity index (χ4n) is 2.99. The van der Waals surface area contributed by atoms with E-state index in [1.165, 1.54) is 22.3 Å². The zero-order chi connectivity index (χ0) is 15.5. The summed E-state index contributed by atoms with van der Waals surface area (Å²) in [5.74, 6) is 0.0255. The van der Waals surface area contributed by atoms with E-state index >= 15 is 0 Å². The van der Waals surface area contributed by atoms with E-state index < -0.39 is 0 Å². The predicted molar refractivity (Wildman–Crippen MR) is 90.2 cm³/mol. The fourth-order valence-corrected chi connectivity index (χ4v) is 2.99. The molecular weight excluding hydrogens is 272 g/mol. The Balaban J connectivity index is 1.68. The SMILES string of the molecule is CN(C)CCCNC(=O)c1ccc2c(c1)Cc1ccccc1-2. The molecule has 114 valence electrons. The lowest BCUT2D eigenvalue weighted by atomic mass is 10.0. The highest BCUT2D eigenvalue weighted by molar-refractivity contribution is 5.95. The van der Waals surface area contributed by atoms with Crippen molar-refractivity contribution in [3.8, 4) is 11.1 Å². The number of hydrogen-bond acceptors (Lipinski definition) is 2. The van der Waals surface area contributed by atoms with Crippen LogP contribution in [0.25, 0.3) is 11.1 Å². The minimum atomic E-state index is 0.0255. The lowest BCUT2D eigenvalue weighted by molar-refractivity contribution is 0.0952. The molecule has 1 aliphatic rings. The van der Waals surface area contributed by atoms with Gasteiger partial charge in [-0.25, -0.2) is 0 Å². The molecular formula is C19H22N2O. The first-order valence-corrected chi connectivity index (χ1v) is 7.79. The monoisotopic (exact) mass is 294 g/mol. The van der Waals surface area contributed by atoms with Gasteiger partial charge in [-0.05, 0) is 67.9 Å². The van der Waals surface area contributed by atoms with Crippen molar-refractivity contribution in [2.24, 2.45) is 0 Å². The second-order valence-corrected chi connectivity index (χ2v) is 6.12. The van der Waals surface area contributed by atoms with Crippen LogP contribution in [0.1, 0.15) is 27.9 Å². The fraction of sp³-hybridized carbons (Fsp3) is 0.316. The smallest absolute Gasteiger partial charge is 0.251 e. The number of amides is 1. The Hall–Kier alpha value is -2.13. The van der Waals surface area contributed by atoms with Crippen molar-refractivity contribution in [3.63, 3.8) is 0 Å². The Morgan fingerprint density at radius 3 is 2.68 bits per heavy atom. The van der Waals surface area contributed by atoms with Crippen LogP contribution in [0.3, 0.4) is 0 Å². The van der Waals surface area contributed by atoms with Gasteiger partial charge in [-0.15, -0.1) is 0 Å². The first-order chi connectivity index (χ1) is 10.6. The second-order valence-electron chi connectivity index (χ2n) is 6.12. The third-order valence-electron chi connectivity index (χ3n) is 4.12. The van der Waals surface area contributed by atoms with Crippen LogP contribution in [0.2, 0.25) is 0 Å². The van der Waals surface area contributed by atoms with E-state index in [0.29, 0.717) is 6.54 Å². The van der Waals surface area contributed by atoms with Crippen molar-refractivity contribution in [2.45, 2.75) is 12.8 Å². The maximum Gasteiger partial charge on any atom is 0.251 e. The quantitative estimate of drug-likeness (QED) is 0.734. The maximum absolute atomic E-state index is 12.2. The summed E-state index contributed by atoms with van der Waals surface area (Å²) < 4.78 is 0. The summed E-state index contributed by atoms with van der Waals surface area (Å²) in [7, 11) is 4.08. The van der Waals surface area contributed by atoms with Gasteiger partial charge in [0.15, 0.2) is 0 Å². The molecule has 22 heavy (non-hydrogen) atoms. The summed E-state index contributed by atoms with van der Waals surface area (Å²) in [5, 5.41) is 3.00. The highest BCUT2D eigenvalue weighted by Gasteiger charge is 2.19. The molecule has 0 aromatic heterocycles. The first-order valence-electron chi connectivity index (χ1n) is 7.79. The number of fused-ring (bicyclic) bond motifs is 3. The molecule has 0 saturated carbocycles. The number of rotatable bonds is 5. The molecule has 3 heteroatoms. The van der Waals surface area contributed by atoms with Crippen molar-refractivity contribution in [3.05, 3.63) is 59.2 Å². The highest BCUT2D eigenvalue weighted by atomic mass is 16.1. The second kappa shape index (κ2) is 6.32. The van der Waals surface area contributed by atoms with Crippen LogP contribution in [0.15, 0.2) is 42.5 Å². The van der Waals surface area contributed by atoms with Gasteiger partial charge in [0, 0.05) is 12.1 Å². The Morgan fingerprint density at radius 2 is 1.86 bits per heavy atom. The number of nitrogens with one attached hydrogen (secondary N) is 1. The molecule has 3 nitrogen and oxygen atoms in total. The number of carbonyl (C=O) groups excluding carboxylic acids is 1. The van der Waals surface area contributed by atoms with Crippen LogP contribution in [-0.4, -0.2) is 38.0 Å². The zero-order valence-corrected chi connectivity index (χ0v) is 13.2. The Labute approximate surface area is 132 Å². The molecule has 0 bridgehead atoms. The summed E-state index contributed by atoms with van der Waals surface area (Å²) >= 11 is 0. The molecule has 3 rings (SSSR count). The van der Waals surface area contributed by atoms with Gasteiger partial charge in [0.25, 0.3) is 5.91 Å². The molecule has 0 heterocycles.